The molecule has 3 aromatic rings. The van der Waals surface area contributed by atoms with Crippen LogP contribution in [0.25, 0.3) is 5.65 Å². The number of nitrogen functional groups attached to an aromatic ring is 1. The Kier molecular flexibility index (Phi) is 7.30. The summed E-state index contributed by atoms with van der Waals surface area (Å²) in [5, 5.41) is 21.6. The minimum absolute atomic E-state index is 0.0453. The molecule has 0 unspecified atom stereocenters. The van der Waals surface area contributed by atoms with Gasteiger partial charge in [0, 0.05) is 28.9 Å². The highest BCUT2D eigenvalue weighted by Crippen LogP contribution is 2.40. The zero-order valence-electron chi connectivity index (χ0n) is 20.2. The highest BCUT2D eigenvalue weighted by Gasteiger charge is 2.53. The number of nitrogens with zero attached hydrogens (tertiary/aromatic N) is 7. The number of primary amides is 1. The Hall–Kier alpha value is -4.65. The minimum Gasteiger partial charge on any atom is -0.543 e. The highest BCUT2D eigenvalue weighted by atomic mass is 32.2. The lowest BCUT2D eigenvalue weighted by Crippen LogP contribution is -2.71. The van der Waals surface area contributed by atoms with E-state index in [0.29, 0.717) is 11.2 Å². The smallest absolute Gasteiger partial charge is 0.307 e. The van der Waals surface area contributed by atoms with Crippen LogP contribution in [0.2, 0.25) is 0 Å². The standard InChI is InChI=1S/C21H19FN10O6S2/c22-3-6-38-28-12(16-26-21(24)40-29-16)17(34)25-13-18(35)32-14(20(36)37)9(8-39-19(13)32)7-30-4-5-31-11(30)2-1-10(27-31)15(23)33/h1-2,4-5,13,19H,3,6-8H2,(H5-,23,24,25,26,29,33,34,36,37)/b28-12-/t13-,19-/m1/s1. The van der Waals surface area contributed by atoms with E-state index in [-0.39, 0.29) is 34.6 Å². The van der Waals surface area contributed by atoms with Crippen molar-refractivity contribution >= 4 is 63.5 Å². The fourth-order valence-electron chi connectivity index (χ4n) is 4.12. The average molecular weight is 591 g/mol. The average Bonchev–Trinajstić information content (AvgIpc) is 3.54. The number of thioether (sulfide) groups is 1. The molecule has 3 amide bonds. The van der Waals surface area contributed by atoms with Gasteiger partial charge in [-0.25, -0.2) is 8.96 Å². The maximum absolute atomic E-state index is 13.1. The molecule has 5 N–H and O–H groups in total. The number of carboxylic acids is 1. The van der Waals surface area contributed by atoms with Crippen LogP contribution < -0.4 is 26.5 Å². The van der Waals surface area contributed by atoms with Gasteiger partial charge in [0.1, 0.15) is 37.4 Å². The van der Waals surface area contributed by atoms with Gasteiger partial charge in [-0.3, -0.25) is 19.3 Å². The normalized spacial score (nSPS) is 18.9. The quantitative estimate of drug-likeness (QED) is 0.0706. The van der Waals surface area contributed by atoms with Gasteiger partial charge in [-0.15, -0.1) is 16.3 Å². The Labute approximate surface area is 231 Å². The topological polar surface area (TPSA) is 227 Å². The molecule has 0 aromatic carbocycles. The summed E-state index contributed by atoms with van der Waals surface area (Å²) in [6.45, 7) is -1.20. The van der Waals surface area contributed by atoms with Crippen LogP contribution in [0, 0.1) is 0 Å². The lowest BCUT2D eigenvalue weighted by molar-refractivity contribution is -0.662. The molecule has 19 heteroatoms. The molecule has 5 heterocycles. The van der Waals surface area contributed by atoms with Crippen LogP contribution in [0.15, 0.2) is 41.0 Å². The highest BCUT2D eigenvalue weighted by molar-refractivity contribution is 8.00. The van der Waals surface area contributed by atoms with Crippen LogP contribution in [-0.4, -0.2) is 83.7 Å². The summed E-state index contributed by atoms with van der Waals surface area (Å²) in [4.78, 5) is 59.3. The minimum atomic E-state index is -1.55. The number of hydrogen-bond donors (Lipinski definition) is 3. The fraction of sp³-hybridized carbons (Fsp3) is 0.286. The van der Waals surface area contributed by atoms with Crippen LogP contribution >= 0.6 is 23.3 Å². The van der Waals surface area contributed by atoms with Crippen molar-refractivity contribution in [3.63, 3.8) is 0 Å². The molecular weight excluding hydrogens is 571 g/mol. The van der Waals surface area contributed by atoms with Crippen LogP contribution in [0.5, 0.6) is 0 Å². The van der Waals surface area contributed by atoms with Gasteiger partial charge in [-0.05, 0) is 6.07 Å². The number of rotatable bonds is 10. The van der Waals surface area contributed by atoms with Gasteiger partial charge in [0.15, 0.2) is 17.0 Å². The van der Waals surface area contributed by atoms with E-state index >= 15 is 0 Å². The third-order valence-corrected chi connectivity index (χ3v) is 7.74. The first-order valence-corrected chi connectivity index (χ1v) is 13.2. The summed E-state index contributed by atoms with van der Waals surface area (Å²) in [6.07, 6.45) is 3.21. The van der Waals surface area contributed by atoms with Crippen LogP contribution in [-0.2, 0) is 25.8 Å². The van der Waals surface area contributed by atoms with E-state index in [9.17, 15) is 28.7 Å². The largest absolute Gasteiger partial charge is 0.543 e. The Morgan fingerprint density at radius 1 is 1.35 bits per heavy atom. The first kappa shape index (κ1) is 26.9. The number of oxime groups is 1. The van der Waals surface area contributed by atoms with Crippen molar-refractivity contribution in [1.29, 1.82) is 0 Å². The third-order valence-electron chi connectivity index (χ3n) is 5.86. The zero-order valence-corrected chi connectivity index (χ0v) is 21.9. The van der Waals surface area contributed by atoms with Crippen molar-refractivity contribution in [2.75, 3.05) is 24.8 Å². The van der Waals surface area contributed by atoms with E-state index in [2.05, 4.69) is 24.9 Å². The molecule has 2 atom stereocenters. The second kappa shape index (κ2) is 10.8. The molecule has 0 aliphatic carbocycles. The number of anilines is 1. The Morgan fingerprint density at radius 3 is 2.83 bits per heavy atom. The van der Waals surface area contributed by atoms with Crippen molar-refractivity contribution in [2.45, 2.75) is 18.0 Å². The predicted molar refractivity (Wildman–Crippen MR) is 134 cm³/mol. The van der Waals surface area contributed by atoms with Gasteiger partial charge in [-0.2, -0.15) is 9.36 Å². The second-order valence-electron chi connectivity index (χ2n) is 8.33. The summed E-state index contributed by atoms with van der Waals surface area (Å²) in [5.74, 6) is -3.80. The number of nitrogens with one attached hydrogen (secondary N) is 1. The molecule has 1 fully saturated rings. The number of aromatic nitrogens is 5. The molecule has 1 saturated heterocycles. The zero-order chi connectivity index (χ0) is 28.6. The number of alkyl halides is 1. The van der Waals surface area contributed by atoms with Crippen LogP contribution in [0.3, 0.4) is 0 Å². The number of halogens is 1. The number of nitrogens with two attached hydrogens (primary N) is 2. The Bertz CT molecular complexity index is 1600. The summed E-state index contributed by atoms with van der Waals surface area (Å²) in [7, 11) is 0. The second-order valence-corrected chi connectivity index (χ2v) is 10.2. The summed E-state index contributed by atoms with van der Waals surface area (Å²) >= 11 is 2.03. The number of fused-ring (bicyclic) bond motifs is 2. The maximum Gasteiger partial charge on any atom is 0.307 e. The van der Waals surface area contributed by atoms with Gasteiger partial charge in [0.2, 0.25) is 11.5 Å². The summed E-state index contributed by atoms with van der Waals surface area (Å²) < 4.78 is 19.5. The fourth-order valence-corrected chi connectivity index (χ4v) is 5.89. The first-order chi connectivity index (χ1) is 19.2. The molecule has 0 saturated carbocycles. The molecule has 5 rings (SSSR count). The number of imidazole rings is 1. The van der Waals surface area contributed by atoms with Crippen LogP contribution in [0.4, 0.5) is 9.52 Å². The SMILES string of the molecule is NC(=O)c1ccc2n(cc[n+]2CC2=C(C(=O)[O-])N3C(=O)[C@@H](NC(=O)/C(=N\OCCF)c4nsc(N)n4)[C@H]3SC2)n1. The summed E-state index contributed by atoms with van der Waals surface area (Å²) in [5.41, 5.74) is 11.1. The summed E-state index contributed by atoms with van der Waals surface area (Å²) in [6, 6.07) is 1.94. The van der Waals surface area contributed by atoms with Crippen molar-refractivity contribution in [2.24, 2.45) is 10.9 Å². The first-order valence-electron chi connectivity index (χ1n) is 11.4. The van der Waals surface area contributed by atoms with Gasteiger partial charge in [0.05, 0.1) is 11.7 Å². The number of hydrogen-bond acceptors (Lipinski definition) is 13. The van der Waals surface area contributed by atoms with Gasteiger partial charge in [-0.1, -0.05) is 10.3 Å². The Balaban J connectivity index is 1.36. The number of carbonyl (C=O) groups is 4. The van der Waals surface area contributed by atoms with E-state index in [1.165, 1.54) is 22.3 Å². The molecule has 3 aromatic heterocycles. The van der Waals surface area contributed by atoms with Gasteiger partial charge in [0.25, 0.3) is 17.7 Å². The Morgan fingerprint density at radius 2 is 2.15 bits per heavy atom. The van der Waals surface area contributed by atoms with E-state index in [1.54, 1.807) is 23.0 Å². The van der Waals surface area contributed by atoms with Crippen molar-refractivity contribution < 1.29 is 38.1 Å². The predicted octanol–water partition coefficient (Wildman–Crippen LogP) is -3.05. The third kappa shape index (κ3) is 4.91. The molecule has 2 aliphatic rings. The monoisotopic (exact) mass is 590 g/mol. The van der Waals surface area contributed by atoms with E-state index in [0.717, 1.165) is 16.4 Å². The molecule has 0 radical (unpaired) electrons. The lowest BCUT2D eigenvalue weighted by atomic mass is 10.0. The molecule has 0 spiro atoms. The molecule has 0 bridgehead atoms. The lowest BCUT2D eigenvalue weighted by Gasteiger charge is -2.50. The number of carboxylic acid groups (broad SMARTS) is 1. The van der Waals surface area contributed by atoms with Crippen LogP contribution in [0.1, 0.15) is 16.3 Å². The van der Waals surface area contributed by atoms with Gasteiger partial charge >= 0.3 is 5.65 Å². The van der Waals surface area contributed by atoms with Crippen molar-refractivity contribution in [3.8, 4) is 0 Å². The van der Waals surface area contributed by atoms with Gasteiger partial charge < -0.3 is 31.5 Å². The van der Waals surface area contributed by atoms with E-state index in [1.807, 2.05) is 0 Å². The number of carbonyl (C=O) groups excluding carboxylic acids is 4. The van der Waals surface area contributed by atoms with Crippen molar-refractivity contribution in [1.82, 2.24) is 29.2 Å². The number of aliphatic carboxylic acids is 1. The number of β-lactam (4-membered cyclic amide) rings is 1. The maximum atomic E-state index is 13.1. The molecule has 16 nitrogen and oxygen atoms in total. The molecule has 40 heavy (non-hydrogen) atoms. The van der Waals surface area contributed by atoms with E-state index in [4.69, 9.17) is 16.3 Å². The molecule has 2 aliphatic heterocycles. The number of amides is 3. The molecular formula is C21H19FN10O6S2. The molecule has 208 valence electrons. The van der Waals surface area contributed by atoms with E-state index < -0.39 is 54.1 Å². The van der Waals surface area contributed by atoms with Crippen molar-refractivity contribution in [3.05, 3.63) is 47.3 Å².